The molecule has 0 unspecified atom stereocenters. The minimum Gasteiger partial charge on any atom is -0.493 e. The van der Waals surface area contributed by atoms with E-state index >= 15 is 0 Å². The summed E-state index contributed by atoms with van der Waals surface area (Å²) in [4.78, 5) is 4.81. The van der Waals surface area contributed by atoms with Crippen LogP contribution in [0.3, 0.4) is 0 Å². The Hall–Kier alpha value is -4.40. The van der Waals surface area contributed by atoms with E-state index in [1.54, 1.807) is 28.4 Å². The summed E-state index contributed by atoms with van der Waals surface area (Å²) in [5.41, 5.74) is 7.20. The van der Waals surface area contributed by atoms with Crippen LogP contribution < -0.4 is 28.4 Å². The van der Waals surface area contributed by atoms with E-state index in [-0.39, 0.29) is 12.1 Å². The molecule has 0 aliphatic carbocycles. The lowest BCUT2D eigenvalue weighted by Crippen LogP contribution is -2.34. The van der Waals surface area contributed by atoms with Gasteiger partial charge in [-0.25, -0.2) is 0 Å². The predicted molar refractivity (Wildman–Crippen MR) is 178 cm³/mol. The number of likely N-dealkylation sites (N-methyl/N-ethyl adjacent to an activating group) is 2. The Labute approximate surface area is 271 Å². The van der Waals surface area contributed by atoms with Gasteiger partial charge in [-0.05, 0) is 110 Å². The normalized spacial score (nSPS) is 19.2. The molecule has 6 heterocycles. The number of ether oxygens (including phenoxy) is 6. The second-order valence-electron chi connectivity index (χ2n) is 12.5. The Morgan fingerprint density at radius 2 is 1.24 bits per heavy atom. The van der Waals surface area contributed by atoms with E-state index in [2.05, 4.69) is 78.5 Å². The van der Waals surface area contributed by atoms with E-state index in [1.807, 2.05) is 6.07 Å². The Balaban J connectivity index is 1.42. The Morgan fingerprint density at radius 1 is 0.609 bits per heavy atom. The lowest BCUT2D eigenvalue weighted by Gasteiger charge is -2.36. The molecule has 6 aliphatic heterocycles. The molecule has 0 aromatic heterocycles. The lowest BCUT2D eigenvalue weighted by molar-refractivity contribution is 0.221. The van der Waals surface area contributed by atoms with E-state index < -0.39 is 0 Å². The van der Waals surface area contributed by atoms with Crippen LogP contribution in [0.25, 0.3) is 0 Å². The molecular formula is C38H42N2O6. The van der Waals surface area contributed by atoms with Crippen LogP contribution in [0.5, 0.6) is 46.0 Å². The summed E-state index contributed by atoms with van der Waals surface area (Å²) in [5, 5.41) is 0. The van der Waals surface area contributed by atoms with Gasteiger partial charge in [0.1, 0.15) is 5.75 Å². The summed E-state index contributed by atoms with van der Waals surface area (Å²) in [6, 6.07) is 21.3. The summed E-state index contributed by atoms with van der Waals surface area (Å²) in [5.74, 6) is 5.44. The predicted octanol–water partition coefficient (Wildman–Crippen LogP) is 7.16. The zero-order valence-electron chi connectivity index (χ0n) is 27.5. The largest absolute Gasteiger partial charge is 0.493 e. The third kappa shape index (κ3) is 5.39. The fourth-order valence-electron chi connectivity index (χ4n) is 7.27. The topological polar surface area (TPSA) is 61.9 Å². The zero-order valence-corrected chi connectivity index (χ0v) is 27.5. The number of benzene rings is 4. The molecule has 0 amide bonds. The van der Waals surface area contributed by atoms with Crippen LogP contribution >= 0.6 is 0 Å². The number of methoxy groups -OCH3 is 4. The highest BCUT2D eigenvalue weighted by atomic mass is 16.5. The highest BCUT2D eigenvalue weighted by Crippen LogP contribution is 2.50. The molecule has 46 heavy (non-hydrogen) atoms. The van der Waals surface area contributed by atoms with Crippen molar-refractivity contribution in [2.45, 2.75) is 37.8 Å². The van der Waals surface area contributed by atoms with E-state index in [4.69, 9.17) is 28.4 Å². The van der Waals surface area contributed by atoms with E-state index in [0.717, 1.165) is 61.4 Å². The second-order valence-corrected chi connectivity index (χ2v) is 12.5. The van der Waals surface area contributed by atoms with Gasteiger partial charge in [0, 0.05) is 30.7 Å². The van der Waals surface area contributed by atoms with Crippen molar-refractivity contribution in [2.24, 2.45) is 0 Å². The Bertz CT molecular complexity index is 1750. The summed E-state index contributed by atoms with van der Waals surface area (Å²) >= 11 is 0. The van der Waals surface area contributed by atoms with Crippen molar-refractivity contribution < 1.29 is 28.4 Å². The molecule has 8 heteroatoms. The second kappa shape index (κ2) is 12.4. The van der Waals surface area contributed by atoms with Crippen LogP contribution in [-0.4, -0.2) is 65.4 Å². The number of rotatable bonds is 4. The molecule has 0 saturated heterocycles. The molecule has 6 bridgehead atoms. The maximum atomic E-state index is 6.78. The van der Waals surface area contributed by atoms with Crippen molar-refractivity contribution in [2.75, 3.05) is 55.6 Å². The van der Waals surface area contributed by atoms with Gasteiger partial charge in [0.15, 0.2) is 34.5 Å². The molecule has 0 spiro atoms. The fourth-order valence-corrected chi connectivity index (χ4v) is 7.27. The Kier molecular flexibility index (Phi) is 8.17. The highest BCUT2D eigenvalue weighted by Gasteiger charge is 2.34. The van der Waals surface area contributed by atoms with Gasteiger partial charge in [-0.15, -0.1) is 0 Å². The lowest BCUT2D eigenvalue weighted by atomic mass is 9.87. The van der Waals surface area contributed by atoms with Crippen LogP contribution in [0.15, 0.2) is 60.7 Å². The molecule has 4 aromatic carbocycles. The van der Waals surface area contributed by atoms with Gasteiger partial charge < -0.3 is 28.4 Å². The van der Waals surface area contributed by atoms with Crippen molar-refractivity contribution >= 4 is 0 Å². The molecule has 0 saturated carbocycles. The van der Waals surface area contributed by atoms with Crippen LogP contribution in [0.2, 0.25) is 0 Å². The van der Waals surface area contributed by atoms with Crippen molar-refractivity contribution in [3.63, 3.8) is 0 Å². The first-order valence-corrected chi connectivity index (χ1v) is 15.9. The van der Waals surface area contributed by atoms with Crippen LogP contribution in [-0.2, 0) is 25.7 Å². The smallest absolute Gasteiger partial charge is 0.204 e. The quantitative estimate of drug-likeness (QED) is 0.238. The SMILES string of the molecule is COc1cc2ccc1Oc1cc3c(cc1OC)CCN(C)[C@@H]3Cc1ccc(cc1)Oc1c(OC)c(OC)cc3c1[C@@H](C2)N(C)CC3. The average Bonchev–Trinajstić information content (AvgIpc) is 3.07. The summed E-state index contributed by atoms with van der Waals surface area (Å²) in [7, 11) is 11.1. The van der Waals surface area contributed by atoms with Gasteiger partial charge in [0.2, 0.25) is 5.75 Å². The summed E-state index contributed by atoms with van der Waals surface area (Å²) < 4.78 is 36.9. The molecule has 0 radical (unpaired) electrons. The molecule has 6 aliphatic rings. The monoisotopic (exact) mass is 622 g/mol. The minimum absolute atomic E-state index is 0.0319. The van der Waals surface area contributed by atoms with Crippen molar-refractivity contribution in [1.82, 2.24) is 9.80 Å². The van der Waals surface area contributed by atoms with Gasteiger partial charge in [-0.3, -0.25) is 9.80 Å². The van der Waals surface area contributed by atoms with Gasteiger partial charge >= 0.3 is 0 Å². The minimum atomic E-state index is 0.0319. The van der Waals surface area contributed by atoms with E-state index in [0.29, 0.717) is 34.5 Å². The number of nitrogens with zero attached hydrogens (tertiary/aromatic N) is 2. The third-order valence-corrected chi connectivity index (χ3v) is 9.85. The van der Waals surface area contributed by atoms with Crippen LogP contribution in [0.1, 0.15) is 45.5 Å². The van der Waals surface area contributed by atoms with Gasteiger partial charge in [0.05, 0.1) is 28.4 Å². The molecule has 240 valence electrons. The first kappa shape index (κ1) is 30.3. The third-order valence-electron chi connectivity index (χ3n) is 9.85. The molecule has 8 nitrogen and oxygen atoms in total. The van der Waals surface area contributed by atoms with Crippen LogP contribution in [0, 0.1) is 0 Å². The van der Waals surface area contributed by atoms with E-state index in [9.17, 15) is 0 Å². The Morgan fingerprint density at radius 3 is 1.96 bits per heavy atom. The highest BCUT2D eigenvalue weighted by molar-refractivity contribution is 5.62. The average molecular weight is 623 g/mol. The molecular weight excluding hydrogens is 580 g/mol. The fraction of sp³-hybridized carbons (Fsp3) is 0.368. The molecule has 2 atom stereocenters. The standard InChI is InChI=1S/C38H42N2O6/c1-39-15-13-25-20-33(42-4)34-22-28(25)29(39)17-23-7-10-27(11-8-23)45-38-36-26(21-35(43-5)37(38)44-6)14-16-40(2)30(36)18-24-9-12-31(46-34)32(19-24)41-3/h7-12,19-22,29-30H,13-18H2,1-6H3/t29-,30-/m1/s1. The van der Waals surface area contributed by atoms with Gasteiger partial charge in [0.25, 0.3) is 0 Å². The maximum absolute atomic E-state index is 6.78. The molecule has 4 aromatic rings. The molecule has 0 N–H and O–H groups in total. The molecule has 0 fully saturated rings. The maximum Gasteiger partial charge on any atom is 0.204 e. The van der Waals surface area contributed by atoms with Crippen molar-refractivity contribution in [3.05, 3.63) is 94.0 Å². The zero-order chi connectivity index (χ0) is 31.9. The first-order valence-electron chi connectivity index (χ1n) is 15.9. The van der Waals surface area contributed by atoms with Crippen molar-refractivity contribution in [3.8, 4) is 46.0 Å². The van der Waals surface area contributed by atoms with E-state index in [1.165, 1.54) is 22.3 Å². The summed E-state index contributed by atoms with van der Waals surface area (Å²) in [6.45, 7) is 1.88. The molecule has 10 rings (SSSR count). The number of hydrogen-bond donors (Lipinski definition) is 0. The summed E-state index contributed by atoms with van der Waals surface area (Å²) in [6.07, 6.45) is 3.41. The van der Waals surface area contributed by atoms with Gasteiger partial charge in [-0.2, -0.15) is 0 Å². The number of hydrogen-bond acceptors (Lipinski definition) is 8. The first-order chi connectivity index (χ1) is 22.4. The van der Waals surface area contributed by atoms with Crippen molar-refractivity contribution in [1.29, 1.82) is 0 Å². The van der Waals surface area contributed by atoms with Gasteiger partial charge in [-0.1, -0.05) is 18.2 Å². The van der Waals surface area contributed by atoms with Crippen LogP contribution in [0.4, 0.5) is 0 Å².